The molecule has 2 N–H and O–H groups in total. The number of aromatic amines is 1. The normalized spacial score (nSPS) is 25.7. The first-order chi connectivity index (χ1) is 19.0. The number of ether oxygens (including phenoxy) is 1. The fourth-order valence-electron chi connectivity index (χ4n) is 6.99. The van der Waals surface area contributed by atoms with Gasteiger partial charge >= 0.3 is 0 Å². The van der Waals surface area contributed by atoms with Crippen molar-refractivity contribution < 1.29 is 9.84 Å². The van der Waals surface area contributed by atoms with E-state index in [0.717, 1.165) is 41.1 Å². The van der Waals surface area contributed by atoms with Crippen molar-refractivity contribution in [3.05, 3.63) is 70.4 Å². The molecule has 39 heavy (non-hydrogen) atoms. The number of halogens is 1. The second kappa shape index (κ2) is 10.0. The van der Waals surface area contributed by atoms with Gasteiger partial charge in [0.1, 0.15) is 5.60 Å². The lowest BCUT2D eigenvalue weighted by atomic mass is 9.91. The molecule has 2 fully saturated rings. The van der Waals surface area contributed by atoms with Gasteiger partial charge in [-0.05, 0) is 80.8 Å². The summed E-state index contributed by atoms with van der Waals surface area (Å²) >= 11 is 6.67. The Morgan fingerprint density at radius 1 is 1.03 bits per heavy atom. The van der Waals surface area contributed by atoms with E-state index in [0.29, 0.717) is 35.3 Å². The minimum Gasteiger partial charge on any atom is -0.383 e. The number of rotatable bonds is 4. The molecule has 2 aromatic heterocycles. The summed E-state index contributed by atoms with van der Waals surface area (Å²) in [6, 6.07) is 16.3. The van der Waals surface area contributed by atoms with Gasteiger partial charge in [-0.1, -0.05) is 41.9 Å². The highest BCUT2D eigenvalue weighted by Crippen LogP contribution is 2.38. The van der Waals surface area contributed by atoms with Crippen molar-refractivity contribution in [3.63, 3.8) is 0 Å². The Hall–Kier alpha value is -2.77. The number of fused-ring (bicyclic) bond motifs is 2. The first-order valence-electron chi connectivity index (χ1n) is 14.3. The van der Waals surface area contributed by atoms with Crippen LogP contribution < -0.4 is 0 Å². The number of aryl methyl sites for hydroxylation is 2. The van der Waals surface area contributed by atoms with E-state index in [9.17, 15) is 5.11 Å². The van der Waals surface area contributed by atoms with Gasteiger partial charge < -0.3 is 9.84 Å². The summed E-state index contributed by atoms with van der Waals surface area (Å²) in [7, 11) is 0. The zero-order valence-electron chi connectivity index (χ0n) is 22.4. The number of benzene rings is 2. The van der Waals surface area contributed by atoms with Gasteiger partial charge in [0.2, 0.25) is 0 Å². The summed E-state index contributed by atoms with van der Waals surface area (Å²) in [4.78, 5) is 7.44. The Kier molecular flexibility index (Phi) is 6.47. The molecule has 0 amide bonds. The predicted molar refractivity (Wildman–Crippen MR) is 155 cm³/mol. The lowest BCUT2D eigenvalue weighted by Crippen LogP contribution is -2.37. The van der Waals surface area contributed by atoms with E-state index in [1.54, 1.807) is 0 Å². The maximum atomic E-state index is 10.9. The van der Waals surface area contributed by atoms with Gasteiger partial charge in [-0.2, -0.15) is 5.10 Å². The van der Waals surface area contributed by atoms with E-state index < -0.39 is 5.60 Å². The molecule has 2 saturated heterocycles. The average molecular weight is 543 g/mol. The summed E-state index contributed by atoms with van der Waals surface area (Å²) in [5, 5.41) is 20.0. The first-order valence-corrected chi connectivity index (χ1v) is 14.7. The van der Waals surface area contributed by atoms with Gasteiger partial charge in [0, 0.05) is 58.4 Å². The van der Waals surface area contributed by atoms with Crippen LogP contribution in [0.25, 0.3) is 33.4 Å². The number of aliphatic hydroxyl groups is 1. The monoisotopic (exact) mass is 542 g/mol. The molecule has 2 aromatic carbocycles. The van der Waals surface area contributed by atoms with Crippen LogP contribution >= 0.6 is 11.6 Å². The fourth-order valence-corrected chi connectivity index (χ4v) is 7.35. The second-order valence-electron chi connectivity index (χ2n) is 11.7. The lowest BCUT2D eigenvalue weighted by Gasteiger charge is -2.30. The number of aromatic nitrogens is 3. The van der Waals surface area contributed by atoms with Gasteiger partial charge in [0.25, 0.3) is 0 Å². The Morgan fingerprint density at radius 2 is 1.87 bits per heavy atom. The molecular weight excluding hydrogens is 508 g/mol. The van der Waals surface area contributed by atoms with Gasteiger partial charge in [0.15, 0.2) is 5.65 Å². The number of likely N-dealkylation sites (tertiary alicyclic amines) is 1. The highest BCUT2D eigenvalue weighted by atomic mass is 35.5. The fraction of sp³-hybridized carbons (Fsp3) is 0.438. The highest BCUT2D eigenvalue weighted by Gasteiger charge is 2.36. The molecule has 0 radical (unpaired) electrons. The summed E-state index contributed by atoms with van der Waals surface area (Å²) in [6.07, 6.45) is 9.93. The molecule has 0 spiro atoms. The third kappa shape index (κ3) is 4.57. The zero-order chi connectivity index (χ0) is 26.6. The maximum Gasteiger partial charge on any atom is 0.181 e. The van der Waals surface area contributed by atoms with Crippen LogP contribution in [0.15, 0.2) is 48.7 Å². The summed E-state index contributed by atoms with van der Waals surface area (Å²) < 4.78 is 5.42. The maximum absolute atomic E-state index is 10.9. The van der Waals surface area contributed by atoms with Crippen LogP contribution in [0, 0.1) is 0 Å². The molecule has 3 aliphatic rings. The lowest BCUT2D eigenvalue weighted by molar-refractivity contribution is 0.0233. The molecule has 3 atom stereocenters. The van der Waals surface area contributed by atoms with Gasteiger partial charge in [-0.25, -0.2) is 4.98 Å². The molecule has 7 rings (SSSR count). The predicted octanol–water partition coefficient (Wildman–Crippen LogP) is 6.28. The summed E-state index contributed by atoms with van der Waals surface area (Å²) in [6.45, 7) is 4.46. The molecule has 0 bridgehead atoms. The minimum absolute atomic E-state index is 0.269. The summed E-state index contributed by atoms with van der Waals surface area (Å²) in [5.41, 5.74) is 7.39. The number of H-pyrrole nitrogens is 1. The third-order valence-electron chi connectivity index (χ3n) is 9.28. The van der Waals surface area contributed by atoms with Crippen molar-refractivity contribution in [1.82, 2.24) is 20.1 Å². The third-order valence-corrected chi connectivity index (χ3v) is 9.59. The van der Waals surface area contributed by atoms with Gasteiger partial charge in [-0.3, -0.25) is 10.00 Å². The number of pyridine rings is 1. The Labute approximate surface area is 234 Å². The Bertz CT molecular complexity index is 1530. The number of nitrogens with zero attached hydrogens (tertiary/aromatic N) is 3. The number of hydrogen-bond donors (Lipinski definition) is 2. The largest absolute Gasteiger partial charge is 0.383 e. The molecule has 1 aliphatic carbocycles. The van der Waals surface area contributed by atoms with Crippen molar-refractivity contribution >= 4 is 22.6 Å². The van der Waals surface area contributed by atoms with E-state index in [1.165, 1.54) is 48.9 Å². The van der Waals surface area contributed by atoms with Crippen LogP contribution in [0.4, 0.5) is 0 Å². The smallest absolute Gasteiger partial charge is 0.181 e. The topological polar surface area (TPSA) is 74.3 Å². The quantitative estimate of drug-likeness (QED) is 0.297. The van der Waals surface area contributed by atoms with Crippen molar-refractivity contribution in [3.8, 4) is 22.4 Å². The standard InChI is InChI=1S/C32H35ClN4O2/c1-20-3-2-13-37(20)26-9-6-21-4-5-23(15-22(21)7-10-26)25-16-27-30(35-36-31(27)34-18-25)24-8-11-28(29(33)17-24)32(38)12-14-39-19-32/h4-5,8,11,15-18,20,26,38H,2-3,6-7,9-10,12-14,19H2,1H3,(H,34,35,36)/t20-,26?,32?/m1/s1. The molecule has 202 valence electrons. The number of nitrogens with one attached hydrogen (secondary N) is 1. The highest BCUT2D eigenvalue weighted by molar-refractivity contribution is 6.31. The van der Waals surface area contributed by atoms with Gasteiger partial charge in [0.05, 0.1) is 12.3 Å². The number of hydrogen-bond acceptors (Lipinski definition) is 5. The Balaban J connectivity index is 1.18. The molecule has 0 saturated carbocycles. The molecule has 2 aliphatic heterocycles. The average Bonchev–Trinajstić information content (AvgIpc) is 3.65. The molecule has 2 unspecified atom stereocenters. The van der Waals surface area contributed by atoms with Crippen molar-refractivity contribution in [1.29, 1.82) is 0 Å². The van der Waals surface area contributed by atoms with E-state index in [1.807, 2.05) is 24.4 Å². The van der Waals surface area contributed by atoms with Crippen LogP contribution in [0.2, 0.25) is 5.02 Å². The summed E-state index contributed by atoms with van der Waals surface area (Å²) in [5.74, 6) is 0. The van der Waals surface area contributed by atoms with Gasteiger partial charge in [-0.15, -0.1) is 0 Å². The van der Waals surface area contributed by atoms with Crippen LogP contribution in [0.1, 0.15) is 55.7 Å². The van der Waals surface area contributed by atoms with Crippen molar-refractivity contribution in [2.75, 3.05) is 19.8 Å². The molecule has 4 aromatic rings. The van der Waals surface area contributed by atoms with Crippen LogP contribution in [0.5, 0.6) is 0 Å². The second-order valence-corrected chi connectivity index (χ2v) is 12.1. The molecule has 7 heteroatoms. The van der Waals surface area contributed by atoms with E-state index >= 15 is 0 Å². The SMILES string of the molecule is C[C@@H]1CCCN1C1CCc2ccc(-c3cnc4n[nH]c(-c5ccc(C6(O)CCOC6)c(Cl)c5)c4c3)cc2CC1. The van der Waals surface area contributed by atoms with E-state index in [-0.39, 0.29) is 6.61 Å². The van der Waals surface area contributed by atoms with E-state index in [2.05, 4.69) is 51.3 Å². The Morgan fingerprint density at radius 3 is 2.64 bits per heavy atom. The molecular formula is C32H35ClN4O2. The molecule has 4 heterocycles. The zero-order valence-corrected chi connectivity index (χ0v) is 23.2. The van der Waals surface area contributed by atoms with Crippen LogP contribution in [-0.4, -0.2) is 57.0 Å². The van der Waals surface area contributed by atoms with Crippen LogP contribution in [-0.2, 0) is 23.2 Å². The molecule has 6 nitrogen and oxygen atoms in total. The van der Waals surface area contributed by atoms with Crippen molar-refractivity contribution in [2.45, 2.75) is 69.6 Å². The minimum atomic E-state index is -1.03. The van der Waals surface area contributed by atoms with E-state index in [4.69, 9.17) is 16.3 Å². The van der Waals surface area contributed by atoms with Crippen LogP contribution in [0.3, 0.4) is 0 Å². The first kappa shape index (κ1) is 25.2. The van der Waals surface area contributed by atoms with Crippen molar-refractivity contribution in [2.24, 2.45) is 0 Å².